The van der Waals surface area contributed by atoms with Gasteiger partial charge in [0.25, 0.3) is 0 Å². The van der Waals surface area contributed by atoms with Gasteiger partial charge in [-0.25, -0.2) is 0 Å². The van der Waals surface area contributed by atoms with Gasteiger partial charge in [-0.15, -0.1) is 0 Å². The van der Waals surface area contributed by atoms with Crippen LogP contribution in [0, 0.1) is 22.2 Å². The van der Waals surface area contributed by atoms with E-state index in [9.17, 15) is 5.11 Å². The molecule has 2 rings (SSSR count). The molecule has 2 saturated carbocycles. The molecule has 0 aromatic carbocycles. The molecular weight excluding hydrogens is 186 g/mol. The van der Waals surface area contributed by atoms with Crippen molar-refractivity contribution >= 4 is 0 Å². The third-order valence-electron chi connectivity index (χ3n) is 4.83. The molecule has 0 aromatic rings. The van der Waals surface area contributed by atoms with E-state index in [0.717, 1.165) is 12.3 Å². The van der Waals surface area contributed by atoms with E-state index in [1.54, 1.807) is 0 Å². The van der Waals surface area contributed by atoms with Crippen LogP contribution in [0.4, 0.5) is 0 Å². The molecule has 2 aliphatic carbocycles. The van der Waals surface area contributed by atoms with Crippen LogP contribution in [0.5, 0.6) is 0 Å². The summed E-state index contributed by atoms with van der Waals surface area (Å²) in [5.74, 6) is 0.786. The van der Waals surface area contributed by atoms with Crippen LogP contribution in [0.15, 0.2) is 0 Å². The van der Waals surface area contributed by atoms with Gasteiger partial charge in [0.15, 0.2) is 0 Å². The maximum absolute atomic E-state index is 9.55. The summed E-state index contributed by atoms with van der Waals surface area (Å²) < 4.78 is 0. The van der Waals surface area contributed by atoms with Crippen LogP contribution < -0.4 is 5.73 Å². The summed E-state index contributed by atoms with van der Waals surface area (Å²) in [5, 5.41) is 9.55. The summed E-state index contributed by atoms with van der Waals surface area (Å²) >= 11 is 0. The van der Waals surface area contributed by atoms with Gasteiger partial charge in [-0.3, -0.25) is 0 Å². The van der Waals surface area contributed by atoms with Gasteiger partial charge in [-0.05, 0) is 42.4 Å². The maximum Gasteiger partial charge on any atom is 0.0505 e. The average Bonchev–Trinajstić information content (AvgIpc) is 2.69. The summed E-state index contributed by atoms with van der Waals surface area (Å²) in [7, 11) is 0. The van der Waals surface area contributed by atoms with Crippen molar-refractivity contribution in [2.24, 2.45) is 27.9 Å². The number of rotatable bonds is 2. The van der Waals surface area contributed by atoms with E-state index in [4.69, 9.17) is 5.73 Å². The SMILES string of the molecule is CC1CC(C)(C)CC2(C1)CC2(CN)CO. The first-order chi connectivity index (χ1) is 6.89. The van der Waals surface area contributed by atoms with Crippen LogP contribution in [0.1, 0.15) is 46.5 Å². The van der Waals surface area contributed by atoms with E-state index in [1.807, 2.05) is 0 Å². The molecule has 2 heteroatoms. The number of nitrogens with two attached hydrogens (primary N) is 1. The fourth-order valence-corrected chi connectivity index (χ4v) is 4.46. The molecule has 15 heavy (non-hydrogen) atoms. The summed E-state index contributed by atoms with van der Waals surface area (Å²) in [5.41, 5.74) is 6.73. The van der Waals surface area contributed by atoms with Crippen molar-refractivity contribution in [1.29, 1.82) is 0 Å². The van der Waals surface area contributed by atoms with Crippen molar-refractivity contribution in [3.8, 4) is 0 Å². The van der Waals surface area contributed by atoms with Crippen molar-refractivity contribution in [3.05, 3.63) is 0 Å². The van der Waals surface area contributed by atoms with Crippen LogP contribution in [-0.2, 0) is 0 Å². The van der Waals surface area contributed by atoms with E-state index >= 15 is 0 Å². The Hall–Kier alpha value is -0.0800. The lowest BCUT2D eigenvalue weighted by atomic mass is 9.64. The third-order valence-corrected chi connectivity index (χ3v) is 4.83. The predicted octanol–water partition coefficient (Wildman–Crippen LogP) is 2.16. The standard InChI is InChI=1S/C13H25NO/c1-10-4-11(2,3)6-12(5-10)7-13(12,8-14)9-15/h10,15H,4-9,14H2,1-3H3. The maximum atomic E-state index is 9.55. The van der Waals surface area contributed by atoms with Crippen LogP contribution in [0.25, 0.3) is 0 Å². The molecule has 3 N–H and O–H groups in total. The molecule has 0 bridgehead atoms. The molecule has 2 nitrogen and oxygen atoms in total. The van der Waals surface area contributed by atoms with Crippen LogP contribution in [0.3, 0.4) is 0 Å². The second-order valence-electron chi connectivity index (χ2n) is 6.95. The zero-order chi connectivity index (χ0) is 11.3. The third kappa shape index (κ3) is 1.62. The lowest BCUT2D eigenvalue weighted by Crippen LogP contribution is -2.36. The van der Waals surface area contributed by atoms with Crippen LogP contribution >= 0.6 is 0 Å². The molecule has 1 spiro atoms. The van der Waals surface area contributed by atoms with Gasteiger partial charge in [0.2, 0.25) is 0 Å². The van der Waals surface area contributed by atoms with Crippen molar-refractivity contribution in [3.63, 3.8) is 0 Å². The fourth-order valence-electron chi connectivity index (χ4n) is 4.46. The predicted molar refractivity (Wildman–Crippen MR) is 62.4 cm³/mol. The number of hydrogen-bond acceptors (Lipinski definition) is 2. The first kappa shape index (κ1) is 11.4. The molecule has 3 atom stereocenters. The Bertz CT molecular complexity index is 257. The highest BCUT2D eigenvalue weighted by molar-refractivity contribution is 5.17. The highest BCUT2D eigenvalue weighted by Crippen LogP contribution is 2.72. The van der Waals surface area contributed by atoms with E-state index < -0.39 is 0 Å². The number of hydrogen-bond donors (Lipinski definition) is 2. The summed E-state index contributed by atoms with van der Waals surface area (Å²) in [6, 6.07) is 0. The van der Waals surface area contributed by atoms with Crippen LogP contribution in [0.2, 0.25) is 0 Å². The molecule has 0 aromatic heterocycles. The molecular formula is C13H25NO. The van der Waals surface area contributed by atoms with Gasteiger partial charge in [0.1, 0.15) is 0 Å². The summed E-state index contributed by atoms with van der Waals surface area (Å²) in [4.78, 5) is 0. The van der Waals surface area contributed by atoms with E-state index in [-0.39, 0.29) is 12.0 Å². The largest absolute Gasteiger partial charge is 0.396 e. The lowest BCUT2D eigenvalue weighted by Gasteiger charge is -2.42. The first-order valence-electron chi connectivity index (χ1n) is 6.20. The minimum atomic E-state index is 0.0684. The van der Waals surface area contributed by atoms with Gasteiger partial charge >= 0.3 is 0 Å². The van der Waals surface area contributed by atoms with Crippen molar-refractivity contribution < 1.29 is 5.11 Å². The Balaban J connectivity index is 2.18. The molecule has 88 valence electrons. The molecule has 2 aliphatic rings. The van der Waals surface area contributed by atoms with Crippen LogP contribution in [-0.4, -0.2) is 18.3 Å². The molecule has 2 fully saturated rings. The number of aliphatic hydroxyl groups is 1. The van der Waals surface area contributed by atoms with Gasteiger partial charge in [0, 0.05) is 12.0 Å². The topological polar surface area (TPSA) is 46.2 Å². The Morgan fingerprint density at radius 3 is 2.33 bits per heavy atom. The first-order valence-corrected chi connectivity index (χ1v) is 6.20. The quantitative estimate of drug-likeness (QED) is 0.735. The lowest BCUT2D eigenvalue weighted by molar-refractivity contribution is 0.0676. The molecule has 0 saturated heterocycles. The molecule has 3 unspecified atom stereocenters. The Morgan fingerprint density at radius 1 is 1.27 bits per heavy atom. The highest BCUT2D eigenvalue weighted by atomic mass is 16.3. The molecule has 0 radical (unpaired) electrons. The van der Waals surface area contributed by atoms with Gasteiger partial charge in [-0.1, -0.05) is 20.8 Å². The Labute approximate surface area is 93.2 Å². The smallest absolute Gasteiger partial charge is 0.0505 e. The monoisotopic (exact) mass is 211 g/mol. The molecule has 0 amide bonds. The fraction of sp³-hybridized carbons (Fsp3) is 1.00. The van der Waals surface area contributed by atoms with Crippen molar-refractivity contribution in [1.82, 2.24) is 0 Å². The summed E-state index contributed by atoms with van der Waals surface area (Å²) in [6.45, 7) is 8.01. The van der Waals surface area contributed by atoms with Gasteiger partial charge < -0.3 is 10.8 Å². The zero-order valence-corrected chi connectivity index (χ0v) is 10.3. The zero-order valence-electron chi connectivity index (χ0n) is 10.3. The van der Waals surface area contributed by atoms with Gasteiger partial charge in [0.05, 0.1) is 6.61 Å². The minimum Gasteiger partial charge on any atom is -0.396 e. The average molecular weight is 211 g/mol. The normalized spacial score (nSPS) is 48.2. The van der Waals surface area contributed by atoms with E-state index in [0.29, 0.717) is 17.4 Å². The molecule has 0 heterocycles. The second-order valence-corrected chi connectivity index (χ2v) is 6.95. The Morgan fingerprint density at radius 2 is 1.93 bits per heavy atom. The second kappa shape index (κ2) is 3.21. The van der Waals surface area contributed by atoms with E-state index in [1.165, 1.54) is 19.3 Å². The van der Waals surface area contributed by atoms with E-state index in [2.05, 4.69) is 20.8 Å². The van der Waals surface area contributed by atoms with Crippen molar-refractivity contribution in [2.75, 3.05) is 13.2 Å². The Kier molecular flexibility index (Phi) is 2.44. The van der Waals surface area contributed by atoms with Crippen molar-refractivity contribution in [2.45, 2.75) is 46.5 Å². The highest BCUT2D eigenvalue weighted by Gasteiger charge is 2.68. The van der Waals surface area contributed by atoms with Gasteiger partial charge in [-0.2, -0.15) is 0 Å². The minimum absolute atomic E-state index is 0.0684. The summed E-state index contributed by atoms with van der Waals surface area (Å²) in [6.07, 6.45) is 5.00. The molecule has 0 aliphatic heterocycles. The number of aliphatic hydroxyl groups excluding tert-OH is 1.